The summed E-state index contributed by atoms with van der Waals surface area (Å²) < 4.78 is 18.5. The highest BCUT2D eigenvalue weighted by Crippen LogP contribution is 2.23. The Balaban J connectivity index is 1.89. The van der Waals surface area contributed by atoms with Crippen molar-refractivity contribution in [3.8, 4) is 0 Å². The number of halogens is 1. The lowest BCUT2D eigenvalue weighted by Gasteiger charge is -2.13. The van der Waals surface area contributed by atoms with Crippen LogP contribution in [0.4, 0.5) is 4.39 Å². The summed E-state index contributed by atoms with van der Waals surface area (Å²) in [5.74, 6) is -0.394. The van der Waals surface area contributed by atoms with E-state index in [1.807, 2.05) is 31.2 Å². The van der Waals surface area contributed by atoms with Crippen molar-refractivity contribution in [1.29, 1.82) is 0 Å². The van der Waals surface area contributed by atoms with Gasteiger partial charge in [0.1, 0.15) is 11.9 Å². The van der Waals surface area contributed by atoms with Gasteiger partial charge in [0.15, 0.2) is 0 Å². The highest BCUT2D eigenvalue weighted by molar-refractivity contribution is 8.00. The highest BCUT2D eigenvalue weighted by atomic mass is 32.2. The average molecular weight is 304 g/mol. The molecule has 2 aromatic carbocycles. The molecule has 0 saturated heterocycles. The topological polar surface area (TPSA) is 26.3 Å². The predicted molar refractivity (Wildman–Crippen MR) is 82.8 cm³/mol. The van der Waals surface area contributed by atoms with Gasteiger partial charge < -0.3 is 4.74 Å². The Morgan fingerprint density at radius 2 is 2.00 bits per heavy atom. The van der Waals surface area contributed by atoms with E-state index in [9.17, 15) is 9.18 Å². The van der Waals surface area contributed by atoms with Crippen LogP contribution in [-0.2, 0) is 9.53 Å². The molecule has 110 valence electrons. The van der Waals surface area contributed by atoms with E-state index in [0.717, 1.165) is 10.5 Å². The molecule has 4 heteroatoms. The van der Waals surface area contributed by atoms with Gasteiger partial charge in [-0.3, -0.25) is 4.79 Å². The van der Waals surface area contributed by atoms with Gasteiger partial charge in [0, 0.05) is 4.90 Å². The van der Waals surface area contributed by atoms with E-state index in [0.29, 0.717) is 5.56 Å². The van der Waals surface area contributed by atoms with Gasteiger partial charge in [-0.1, -0.05) is 30.3 Å². The molecule has 0 aliphatic carbocycles. The number of benzene rings is 2. The summed E-state index contributed by atoms with van der Waals surface area (Å²) in [6.45, 7) is 3.74. The second kappa shape index (κ2) is 7.27. The first-order valence-corrected chi connectivity index (χ1v) is 7.68. The second-order valence-corrected chi connectivity index (χ2v) is 5.76. The van der Waals surface area contributed by atoms with Crippen LogP contribution >= 0.6 is 11.8 Å². The SMILES string of the molecule is Cc1ccccc1SCC(=O)O[C@H](C)c1cccc(F)c1. The van der Waals surface area contributed by atoms with E-state index in [2.05, 4.69) is 0 Å². The monoisotopic (exact) mass is 304 g/mol. The molecule has 0 radical (unpaired) electrons. The van der Waals surface area contributed by atoms with Crippen LogP contribution in [0.3, 0.4) is 0 Å². The van der Waals surface area contributed by atoms with Gasteiger partial charge in [-0.05, 0) is 43.2 Å². The number of thioether (sulfide) groups is 1. The number of esters is 1. The third-order valence-corrected chi connectivity index (χ3v) is 4.21. The summed E-state index contributed by atoms with van der Waals surface area (Å²) in [4.78, 5) is 12.9. The van der Waals surface area contributed by atoms with Crippen LogP contribution in [0.25, 0.3) is 0 Å². The zero-order chi connectivity index (χ0) is 15.2. The Morgan fingerprint density at radius 1 is 1.24 bits per heavy atom. The van der Waals surface area contributed by atoms with Gasteiger partial charge >= 0.3 is 5.97 Å². The molecule has 0 spiro atoms. The lowest BCUT2D eigenvalue weighted by atomic mass is 10.1. The van der Waals surface area contributed by atoms with Crippen molar-refractivity contribution in [3.63, 3.8) is 0 Å². The molecule has 0 aromatic heterocycles. The molecule has 0 aliphatic rings. The van der Waals surface area contributed by atoms with E-state index in [1.165, 1.54) is 23.9 Å². The van der Waals surface area contributed by atoms with Gasteiger partial charge in [-0.15, -0.1) is 11.8 Å². The van der Waals surface area contributed by atoms with E-state index >= 15 is 0 Å². The van der Waals surface area contributed by atoms with Crippen molar-refractivity contribution < 1.29 is 13.9 Å². The Bertz CT molecular complexity index is 628. The van der Waals surface area contributed by atoms with E-state index in [1.54, 1.807) is 19.1 Å². The van der Waals surface area contributed by atoms with Crippen LogP contribution in [0.15, 0.2) is 53.4 Å². The summed E-state index contributed by atoms with van der Waals surface area (Å²) in [5, 5.41) is 0. The molecule has 0 aliphatic heterocycles. The molecule has 0 heterocycles. The molecular weight excluding hydrogens is 287 g/mol. The van der Waals surface area contributed by atoms with Gasteiger partial charge in [-0.2, -0.15) is 0 Å². The number of carbonyl (C=O) groups excluding carboxylic acids is 1. The normalized spacial score (nSPS) is 12.0. The van der Waals surface area contributed by atoms with Crippen molar-refractivity contribution in [1.82, 2.24) is 0 Å². The Labute approximate surface area is 128 Å². The molecule has 2 nitrogen and oxygen atoms in total. The van der Waals surface area contributed by atoms with Gasteiger partial charge in [0.2, 0.25) is 0 Å². The summed E-state index contributed by atoms with van der Waals surface area (Å²) >= 11 is 1.45. The van der Waals surface area contributed by atoms with Crippen molar-refractivity contribution in [2.45, 2.75) is 24.8 Å². The highest BCUT2D eigenvalue weighted by Gasteiger charge is 2.13. The standard InChI is InChI=1S/C17H17FO2S/c1-12-6-3-4-9-16(12)21-11-17(19)20-13(2)14-7-5-8-15(18)10-14/h3-10,13H,11H2,1-2H3/t13-/m1/s1. The fraction of sp³-hybridized carbons (Fsp3) is 0.235. The minimum atomic E-state index is -0.453. The van der Waals surface area contributed by atoms with Crippen LogP contribution in [0.1, 0.15) is 24.2 Å². The Kier molecular flexibility index (Phi) is 5.39. The second-order valence-electron chi connectivity index (χ2n) is 4.74. The number of carbonyl (C=O) groups is 1. The van der Waals surface area contributed by atoms with Crippen LogP contribution in [-0.4, -0.2) is 11.7 Å². The maximum atomic E-state index is 13.1. The smallest absolute Gasteiger partial charge is 0.316 e. The van der Waals surface area contributed by atoms with Crippen molar-refractivity contribution in [2.24, 2.45) is 0 Å². The zero-order valence-corrected chi connectivity index (χ0v) is 12.8. The van der Waals surface area contributed by atoms with Crippen molar-refractivity contribution in [2.75, 3.05) is 5.75 Å². The minimum Gasteiger partial charge on any atom is -0.457 e. The molecule has 21 heavy (non-hydrogen) atoms. The fourth-order valence-electron chi connectivity index (χ4n) is 1.91. The first kappa shape index (κ1) is 15.6. The quantitative estimate of drug-likeness (QED) is 0.599. The molecule has 0 amide bonds. The minimum absolute atomic E-state index is 0.241. The lowest BCUT2D eigenvalue weighted by molar-refractivity contribution is -0.145. The number of rotatable bonds is 5. The largest absolute Gasteiger partial charge is 0.457 e. The summed E-state index contributed by atoms with van der Waals surface area (Å²) in [7, 11) is 0. The molecule has 0 N–H and O–H groups in total. The average Bonchev–Trinajstić information content (AvgIpc) is 2.46. The van der Waals surface area contributed by atoms with E-state index in [-0.39, 0.29) is 17.5 Å². The molecule has 0 saturated carbocycles. The molecule has 1 atom stereocenters. The Morgan fingerprint density at radius 3 is 2.71 bits per heavy atom. The molecule has 2 aromatic rings. The number of hydrogen-bond acceptors (Lipinski definition) is 3. The van der Waals surface area contributed by atoms with E-state index in [4.69, 9.17) is 4.74 Å². The summed E-state index contributed by atoms with van der Waals surface area (Å²) in [6.07, 6.45) is -0.453. The van der Waals surface area contributed by atoms with Crippen molar-refractivity contribution >= 4 is 17.7 Å². The Hall–Kier alpha value is -1.81. The van der Waals surface area contributed by atoms with Gasteiger partial charge in [0.05, 0.1) is 5.75 Å². The van der Waals surface area contributed by atoms with Crippen LogP contribution in [0, 0.1) is 12.7 Å². The van der Waals surface area contributed by atoms with Gasteiger partial charge in [0.25, 0.3) is 0 Å². The summed E-state index contributed by atoms with van der Waals surface area (Å²) in [5.41, 5.74) is 1.79. The predicted octanol–water partition coefficient (Wildman–Crippen LogP) is 4.53. The van der Waals surface area contributed by atoms with E-state index < -0.39 is 6.10 Å². The number of aryl methyl sites for hydroxylation is 1. The third-order valence-electron chi connectivity index (χ3n) is 3.07. The van der Waals surface area contributed by atoms with Crippen LogP contribution in [0.2, 0.25) is 0 Å². The molecule has 0 fully saturated rings. The lowest BCUT2D eigenvalue weighted by Crippen LogP contribution is -2.11. The number of ether oxygens (including phenoxy) is 1. The maximum Gasteiger partial charge on any atom is 0.316 e. The number of hydrogen-bond donors (Lipinski definition) is 0. The maximum absolute atomic E-state index is 13.1. The summed E-state index contributed by atoms with van der Waals surface area (Å²) in [6, 6.07) is 14.0. The fourth-order valence-corrected chi connectivity index (χ4v) is 2.73. The molecule has 0 bridgehead atoms. The van der Waals surface area contributed by atoms with Crippen LogP contribution < -0.4 is 0 Å². The molecule has 2 rings (SSSR count). The van der Waals surface area contributed by atoms with Crippen molar-refractivity contribution in [3.05, 3.63) is 65.5 Å². The van der Waals surface area contributed by atoms with Gasteiger partial charge in [-0.25, -0.2) is 4.39 Å². The van der Waals surface area contributed by atoms with Crippen LogP contribution in [0.5, 0.6) is 0 Å². The zero-order valence-electron chi connectivity index (χ0n) is 12.0. The first-order valence-electron chi connectivity index (χ1n) is 6.69. The first-order chi connectivity index (χ1) is 10.1. The molecular formula is C17H17FO2S. The molecule has 0 unspecified atom stereocenters. The third kappa shape index (κ3) is 4.60.